The SMILES string of the molecule is CCc1nccn1CCS(=O)(=O)c1cccc(CN)c1. The minimum absolute atomic E-state index is 0.0599. The molecule has 6 heteroatoms. The van der Waals surface area contributed by atoms with Crippen molar-refractivity contribution in [3.05, 3.63) is 48.0 Å². The van der Waals surface area contributed by atoms with Crippen LogP contribution < -0.4 is 5.73 Å². The molecule has 2 N–H and O–H groups in total. The Morgan fingerprint density at radius 3 is 2.85 bits per heavy atom. The summed E-state index contributed by atoms with van der Waals surface area (Å²) in [6.45, 7) is 2.75. The van der Waals surface area contributed by atoms with Crippen molar-refractivity contribution in [3.63, 3.8) is 0 Å². The van der Waals surface area contributed by atoms with E-state index in [0.717, 1.165) is 17.8 Å². The van der Waals surface area contributed by atoms with Gasteiger partial charge in [0.05, 0.1) is 10.6 Å². The smallest absolute Gasteiger partial charge is 0.180 e. The summed E-state index contributed by atoms with van der Waals surface area (Å²) in [5, 5.41) is 0. The molecule has 0 aliphatic carbocycles. The average molecular weight is 293 g/mol. The highest BCUT2D eigenvalue weighted by molar-refractivity contribution is 7.91. The molecule has 1 aromatic heterocycles. The van der Waals surface area contributed by atoms with Gasteiger partial charge in [-0.05, 0) is 17.7 Å². The molecule has 0 aliphatic rings. The predicted octanol–water partition coefficient (Wildman–Crippen LogP) is 1.38. The van der Waals surface area contributed by atoms with E-state index in [2.05, 4.69) is 4.98 Å². The molecule has 0 radical (unpaired) electrons. The fourth-order valence-corrected chi connectivity index (χ4v) is 3.35. The Morgan fingerprint density at radius 2 is 2.15 bits per heavy atom. The fraction of sp³-hybridized carbons (Fsp3) is 0.357. The van der Waals surface area contributed by atoms with Crippen LogP contribution >= 0.6 is 0 Å². The van der Waals surface area contributed by atoms with Gasteiger partial charge < -0.3 is 10.3 Å². The average Bonchev–Trinajstić information content (AvgIpc) is 2.93. The first-order chi connectivity index (χ1) is 9.56. The van der Waals surface area contributed by atoms with Crippen LogP contribution in [0.25, 0.3) is 0 Å². The molecule has 0 aliphatic heterocycles. The predicted molar refractivity (Wildman–Crippen MR) is 78.0 cm³/mol. The lowest BCUT2D eigenvalue weighted by Gasteiger charge is -2.08. The largest absolute Gasteiger partial charge is 0.334 e. The summed E-state index contributed by atoms with van der Waals surface area (Å²) < 4.78 is 26.5. The lowest BCUT2D eigenvalue weighted by Crippen LogP contribution is -2.14. The number of nitrogens with zero attached hydrogens (tertiary/aromatic N) is 2. The molecule has 0 saturated heterocycles. The van der Waals surface area contributed by atoms with Crippen molar-refractivity contribution in [2.45, 2.75) is 31.3 Å². The third-order valence-corrected chi connectivity index (χ3v) is 4.90. The number of rotatable bonds is 6. The Bertz CT molecular complexity index is 677. The van der Waals surface area contributed by atoms with Gasteiger partial charge in [0.1, 0.15) is 5.82 Å². The van der Waals surface area contributed by atoms with Crippen LogP contribution in [0.2, 0.25) is 0 Å². The van der Waals surface area contributed by atoms with Crippen molar-refractivity contribution in [2.24, 2.45) is 5.73 Å². The van der Waals surface area contributed by atoms with Gasteiger partial charge >= 0.3 is 0 Å². The molecule has 2 aromatic rings. The minimum Gasteiger partial charge on any atom is -0.334 e. The third kappa shape index (κ3) is 3.26. The Kier molecular flexibility index (Phi) is 4.57. The monoisotopic (exact) mass is 293 g/mol. The second-order valence-electron chi connectivity index (χ2n) is 4.56. The molecule has 0 fully saturated rings. The van der Waals surface area contributed by atoms with E-state index in [-0.39, 0.29) is 5.75 Å². The second-order valence-corrected chi connectivity index (χ2v) is 6.67. The van der Waals surface area contributed by atoms with Gasteiger partial charge in [-0.2, -0.15) is 0 Å². The Labute approximate surface area is 119 Å². The van der Waals surface area contributed by atoms with Crippen LogP contribution in [0.4, 0.5) is 0 Å². The van der Waals surface area contributed by atoms with E-state index in [1.54, 1.807) is 24.4 Å². The van der Waals surface area contributed by atoms with Crippen LogP contribution in [0.1, 0.15) is 18.3 Å². The van der Waals surface area contributed by atoms with Crippen molar-refractivity contribution >= 4 is 9.84 Å². The minimum atomic E-state index is -3.30. The lowest BCUT2D eigenvalue weighted by atomic mass is 10.2. The number of sulfone groups is 1. The quantitative estimate of drug-likeness (QED) is 0.872. The van der Waals surface area contributed by atoms with Crippen LogP contribution in [0.5, 0.6) is 0 Å². The molecule has 1 heterocycles. The maximum atomic E-state index is 12.3. The van der Waals surface area contributed by atoms with Gasteiger partial charge in [0.15, 0.2) is 9.84 Å². The van der Waals surface area contributed by atoms with Crippen molar-refractivity contribution in [2.75, 3.05) is 5.75 Å². The van der Waals surface area contributed by atoms with E-state index in [9.17, 15) is 8.42 Å². The summed E-state index contributed by atoms with van der Waals surface area (Å²) in [5.41, 5.74) is 6.37. The van der Waals surface area contributed by atoms with E-state index >= 15 is 0 Å². The van der Waals surface area contributed by atoms with E-state index in [4.69, 9.17) is 5.73 Å². The zero-order valence-corrected chi connectivity index (χ0v) is 12.3. The van der Waals surface area contributed by atoms with E-state index in [1.165, 1.54) is 0 Å². The van der Waals surface area contributed by atoms with Crippen LogP contribution in [0.3, 0.4) is 0 Å². The molecule has 0 unspecified atom stereocenters. The molecule has 0 saturated carbocycles. The lowest BCUT2D eigenvalue weighted by molar-refractivity contribution is 0.586. The first-order valence-electron chi connectivity index (χ1n) is 6.58. The van der Waals surface area contributed by atoms with Gasteiger partial charge in [-0.25, -0.2) is 13.4 Å². The Morgan fingerprint density at radius 1 is 1.35 bits per heavy atom. The first-order valence-corrected chi connectivity index (χ1v) is 8.24. The maximum Gasteiger partial charge on any atom is 0.180 e. The number of imidazole rings is 1. The van der Waals surface area contributed by atoms with Gasteiger partial charge in [-0.1, -0.05) is 19.1 Å². The number of hydrogen-bond donors (Lipinski definition) is 1. The van der Waals surface area contributed by atoms with Crippen LogP contribution in [0.15, 0.2) is 41.6 Å². The zero-order valence-electron chi connectivity index (χ0n) is 11.5. The second kappa shape index (κ2) is 6.19. The highest BCUT2D eigenvalue weighted by Crippen LogP contribution is 2.14. The van der Waals surface area contributed by atoms with E-state index in [1.807, 2.05) is 23.8 Å². The summed E-state index contributed by atoms with van der Waals surface area (Å²) in [4.78, 5) is 4.52. The third-order valence-electron chi connectivity index (χ3n) is 3.21. The molecule has 0 atom stereocenters. The van der Waals surface area contributed by atoms with Crippen molar-refractivity contribution in [1.82, 2.24) is 9.55 Å². The maximum absolute atomic E-state index is 12.3. The number of aromatic nitrogens is 2. The standard InChI is InChI=1S/C14H19N3O2S/c1-2-14-16-6-7-17(14)8-9-20(18,19)13-5-3-4-12(10-13)11-15/h3-7,10H,2,8-9,11,15H2,1H3. The van der Waals surface area contributed by atoms with Crippen molar-refractivity contribution in [1.29, 1.82) is 0 Å². The van der Waals surface area contributed by atoms with E-state index in [0.29, 0.717) is 18.0 Å². The molecule has 0 spiro atoms. The van der Waals surface area contributed by atoms with Crippen LogP contribution in [0, 0.1) is 0 Å². The topological polar surface area (TPSA) is 78.0 Å². The summed E-state index contributed by atoms with van der Waals surface area (Å²) in [5.74, 6) is 0.959. The number of aryl methyl sites for hydroxylation is 2. The first kappa shape index (κ1) is 14.7. The summed E-state index contributed by atoms with van der Waals surface area (Å²) in [6, 6.07) is 6.81. The Hall–Kier alpha value is -1.66. The molecule has 0 amide bonds. The molecular formula is C14H19N3O2S. The van der Waals surface area contributed by atoms with Gasteiger partial charge in [0.2, 0.25) is 0 Å². The van der Waals surface area contributed by atoms with E-state index < -0.39 is 9.84 Å². The molecule has 5 nitrogen and oxygen atoms in total. The molecule has 108 valence electrons. The highest BCUT2D eigenvalue weighted by atomic mass is 32.2. The van der Waals surface area contributed by atoms with Crippen LogP contribution in [-0.2, 0) is 29.3 Å². The normalized spacial score (nSPS) is 11.7. The van der Waals surface area contributed by atoms with Gasteiger partial charge in [0, 0.05) is 31.9 Å². The molecule has 1 aromatic carbocycles. The summed E-state index contributed by atoms with van der Waals surface area (Å²) in [6.07, 6.45) is 4.29. The molecule has 20 heavy (non-hydrogen) atoms. The fourth-order valence-electron chi connectivity index (χ4n) is 2.06. The Balaban J connectivity index is 2.15. The van der Waals surface area contributed by atoms with Gasteiger partial charge in [-0.15, -0.1) is 0 Å². The summed E-state index contributed by atoms with van der Waals surface area (Å²) >= 11 is 0. The van der Waals surface area contributed by atoms with Crippen LogP contribution in [-0.4, -0.2) is 23.7 Å². The number of nitrogens with two attached hydrogens (primary N) is 1. The summed E-state index contributed by atoms with van der Waals surface area (Å²) in [7, 11) is -3.30. The van der Waals surface area contributed by atoms with Crippen molar-refractivity contribution < 1.29 is 8.42 Å². The molecular weight excluding hydrogens is 274 g/mol. The van der Waals surface area contributed by atoms with Gasteiger partial charge in [-0.3, -0.25) is 0 Å². The zero-order chi connectivity index (χ0) is 14.6. The highest BCUT2D eigenvalue weighted by Gasteiger charge is 2.15. The number of hydrogen-bond acceptors (Lipinski definition) is 4. The molecule has 2 rings (SSSR count). The van der Waals surface area contributed by atoms with Crippen molar-refractivity contribution in [3.8, 4) is 0 Å². The van der Waals surface area contributed by atoms with Gasteiger partial charge in [0.25, 0.3) is 0 Å². The number of benzene rings is 1. The molecule has 0 bridgehead atoms.